The molecule has 0 saturated carbocycles. The van der Waals surface area contributed by atoms with Crippen molar-refractivity contribution >= 4 is 29.3 Å². The number of phenols is 1. The number of aromatic hydroxyl groups is 1. The summed E-state index contributed by atoms with van der Waals surface area (Å²) in [5.74, 6) is 0.783. The highest BCUT2D eigenvalue weighted by molar-refractivity contribution is 8.00. The minimum absolute atomic E-state index is 0.113. The molecule has 2 N–H and O–H groups in total. The zero-order valence-electron chi connectivity index (χ0n) is 18.0. The smallest absolute Gasteiger partial charge is 0.233 e. The van der Waals surface area contributed by atoms with Gasteiger partial charge >= 0.3 is 0 Å². The first-order chi connectivity index (χ1) is 16.0. The SMILES string of the molecule is Cc1cccc(-n2cc([C@H]3SCC(=O)N3CCc3ccc(O)cc3)c(-c3ccc(Cl)[nH]3)n2)c1. The van der Waals surface area contributed by atoms with Gasteiger partial charge in [-0.1, -0.05) is 35.9 Å². The molecule has 1 aliphatic rings. The fourth-order valence-corrected chi connectivity index (χ4v) is 5.44. The van der Waals surface area contributed by atoms with Crippen molar-refractivity contribution in [2.45, 2.75) is 18.7 Å². The average Bonchev–Trinajstić information content (AvgIpc) is 3.51. The van der Waals surface area contributed by atoms with Crippen molar-refractivity contribution in [3.05, 3.63) is 88.7 Å². The van der Waals surface area contributed by atoms with Crippen LogP contribution in [0.5, 0.6) is 5.75 Å². The van der Waals surface area contributed by atoms with Gasteiger partial charge in [-0.3, -0.25) is 4.79 Å². The van der Waals surface area contributed by atoms with E-state index in [0.717, 1.165) is 33.8 Å². The Morgan fingerprint density at radius 1 is 1.18 bits per heavy atom. The van der Waals surface area contributed by atoms with Gasteiger partial charge in [0.2, 0.25) is 5.91 Å². The predicted octanol–water partition coefficient (Wildman–Crippen LogP) is 5.35. The number of hydrogen-bond donors (Lipinski definition) is 2. The van der Waals surface area contributed by atoms with E-state index in [1.807, 2.05) is 52.2 Å². The van der Waals surface area contributed by atoms with Gasteiger partial charge in [0.15, 0.2) is 0 Å². The molecule has 3 heterocycles. The minimum Gasteiger partial charge on any atom is -0.508 e. The molecular weight excluding hydrogens is 456 g/mol. The Hall–Kier alpha value is -3.16. The number of thioether (sulfide) groups is 1. The normalized spacial score (nSPS) is 16.0. The highest BCUT2D eigenvalue weighted by atomic mass is 35.5. The van der Waals surface area contributed by atoms with Crippen LogP contribution in [0, 0.1) is 6.92 Å². The predicted molar refractivity (Wildman–Crippen MR) is 132 cm³/mol. The Kier molecular flexibility index (Phi) is 5.91. The summed E-state index contributed by atoms with van der Waals surface area (Å²) in [5.41, 5.74) is 5.75. The number of aryl methyl sites for hydroxylation is 1. The van der Waals surface area contributed by atoms with E-state index in [9.17, 15) is 9.90 Å². The molecule has 0 bridgehead atoms. The number of aromatic amines is 1. The van der Waals surface area contributed by atoms with Crippen molar-refractivity contribution in [2.24, 2.45) is 0 Å². The van der Waals surface area contributed by atoms with E-state index in [1.54, 1.807) is 23.9 Å². The third kappa shape index (κ3) is 4.51. The lowest BCUT2D eigenvalue weighted by Crippen LogP contribution is -2.30. The van der Waals surface area contributed by atoms with E-state index in [0.29, 0.717) is 23.9 Å². The van der Waals surface area contributed by atoms with Crippen LogP contribution in [0.2, 0.25) is 5.15 Å². The zero-order valence-corrected chi connectivity index (χ0v) is 19.6. The molecule has 0 aliphatic carbocycles. The quantitative estimate of drug-likeness (QED) is 0.391. The van der Waals surface area contributed by atoms with Gasteiger partial charge in [0.05, 0.1) is 17.1 Å². The first-order valence-electron chi connectivity index (χ1n) is 10.7. The number of phenolic OH excluding ortho intramolecular Hbond substituents is 1. The van der Waals surface area contributed by atoms with Crippen LogP contribution >= 0.6 is 23.4 Å². The van der Waals surface area contributed by atoms with Crippen molar-refractivity contribution in [1.82, 2.24) is 19.7 Å². The van der Waals surface area contributed by atoms with E-state index in [-0.39, 0.29) is 17.0 Å². The summed E-state index contributed by atoms with van der Waals surface area (Å²) in [5, 5.41) is 14.8. The fourth-order valence-electron chi connectivity index (χ4n) is 4.05. The lowest BCUT2D eigenvalue weighted by Gasteiger charge is -2.24. The number of amides is 1. The maximum Gasteiger partial charge on any atom is 0.233 e. The molecule has 2 aromatic heterocycles. The molecule has 0 radical (unpaired) electrons. The Morgan fingerprint density at radius 2 is 2.00 bits per heavy atom. The molecule has 6 nitrogen and oxygen atoms in total. The topological polar surface area (TPSA) is 74.2 Å². The zero-order chi connectivity index (χ0) is 22.9. The van der Waals surface area contributed by atoms with Gasteiger partial charge in [-0.25, -0.2) is 4.68 Å². The fraction of sp³-hybridized carbons (Fsp3) is 0.200. The van der Waals surface area contributed by atoms with Crippen LogP contribution < -0.4 is 0 Å². The molecule has 2 aromatic carbocycles. The maximum atomic E-state index is 12.8. The highest BCUT2D eigenvalue weighted by Crippen LogP contribution is 2.42. The van der Waals surface area contributed by atoms with Gasteiger partial charge in [-0.15, -0.1) is 11.8 Å². The van der Waals surface area contributed by atoms with E-state index in [2.05, 4.69) is 24.0 Å². The summed E-state index contributed by atoms with van der Waals surface area (Å²) < 4.78 is 1.87. The summed E-state index contributed by atoms with van der Waals surface area (Å²) in [4.78, 5) is 17.9. The maximum absolute atomic E-state index is 12.8. The number of nitrogens with one attached hydrogen (secondary N) is 1. The Labute approximate surface area is 201 Å². The molecule has 8 heteroatoms. The number of halogens is 1. The molecule has 0 unspecified atom stereocenters. The molecule has 1 saturated heterocycles. The molecule has 1 amide bonds. The van der Waals surface area contributed by atoms with Crippen molar-refractivity contribution in [1.29, 1.82) is 0 Å². The van der Waals surface area contributed by atoms with E-state index in [4.69, 9.17) is 16.7 Å². The molecule has 168 valence electrons. The van der Waals surface area contributed by atoms with Gasteiger partial charge in [0.1, 0.15) is 22.0 Å². The molecule has 4 aromatic rings. The monoisotopic (exact) mass is 478 g/mol. The van der Waals surface area contributed by atoms with E-state index >= 15 is 0 Å². The van der Waals surface area contributed by atoms with Gasteiger partial charge in [0, 0.05) is 18.3 Å². The molecular formula is C25H23ClN4O2S. The summed E-state index contributed by atoms with van der Waals surface area (Å²) >= 11 is 7.78. The molecule has 1 fully saturated rings. The van der Waals surface area contributed by atoms with Crippen LogP contribution in [0.4, 0.5) is 0 Å². The van der Waals surface area contributed by atoms with Gasteiger partial charge in [-0.2, -0.15) is 5.10 Å². The van der Waals surface area contributed by atoms with Crippen molar-refractivity contribution < 1.29 is 9.90 Å². The van der Waals surface area contributed by atoms with E-state index in [1.165, 1.54) is 0 Å². The molecule has 5 rings (SSSR count). The summed E-state index contributed by atoms with van der Waals surface area (Å²) in [6.07, 6.45) is 2.72. The van der Waals surface area contributed by atoms with Gasteiger partial charge < -0.3 is 15.0 Å². The lowest BCUT2D eigenvalue weighted by atomic mass is 10.1. The second-order valence-corrected chi connectivity index (χ2v) is 9.58. The van der Waals surface area contributed by atoms with Gasteiger partial charge in [0.25, 0.3) is 0 Å². The molecule has 1 atom stereocenters. The standard InChI is InChI=1S/C25H23ClN4O2S/c1-16-3-2-4-18(13-16)30-14-20(24(28-30)21-9-10-22(26)27-21)25-29(23(32)15-33-25)12-11-17-5-7-19(31)8-6-17/h2-10,13-14,25,27,31H,11-12,15H2,1H3/t25-/m1/s1. The second kappa shape index (κ2) is 9.00. The third-order valence-electron chi connectivity index (χ3n) is 5.73. The van der Waals surface area contributed by atoms with Crippen molar-refractivity contribution in [3.8, 4) is 22.8 Å². The van der Waals surface area contributed by atoms with Crippen LogP contribution in [0.3, 0.4) is 0 Å². The highest BCUT2D eigenvalue weighted by Gasteiger charge is 2.35. The van der Waals surface area contributed by atoms with Crippen LogP contribution in [0.25, 0.3) is 17.1 Å². The number of H-pyrrole nitrogens is 1. The molecule has 0 spiro atoms. The summed E-state index contributed by atoms with van der Waals surface area (Å²) in [6, 6.07) is 19.0. The number of aromatic nitrogens is 3. The molecule has 1 aliphatic heterocycles. The summed E-state index contributed by atoms with van der Waals surface area (Å²) in [6.45, 7) is 2.64. The van der Waals surface area contributed by atoms with Gasteiger partial charge in [-0.05, 0) is 60.9 Å². The number of carbonyl (C=O) groups excluding carboxylic acids is 1. The first-order valence-corrected chi connectivity index (χ1v) is 12.1. The van der Waals surface area contributed by atoms with Crippen molar-refractivity contribution in [3.63, 3.8) is 0 Å². The molecule has 33 heavy (non-hydrogen) atoms. The van der Waals surface area contributed by atoms with Crippen LogP contribution in [0.15, 0.2) is 66.9 Å². The number of hydrogen-bond acceptors (Lipinski definition) is 4. The van der Waals surface area contributed by atoms with E-state index < -0.39 is 0 Å². The number of nitrogens with zero attached hydrogens (tertiary/aromatic N) is 3. The Morgan fingerprint density at radius 3 is 2.73 bits per heavy atom. The van der Waals surface area contributed by atoms with Crippen LogP contribution in [-0.2, 0) is 11.2 Å². The number of rotatable bonds is 6. The van der Waals surface area contributed by atoms with Crippen molar-refractivity contribution in [2.75, 3.05) is 12.3 Å². The van der Waals surface area contributed by atoms with Crippen LogP contribution in [0.1, 0.15) is 22.1 Å². The second-order valence-electron chi connectivity index (χ2n) is 8.10. The largest absolute Gasteiger partial charge is 0.508 e. The minimum atomic E-state index is -0.148. The van der Waals surface area contributed by atoms with Crippen LogP contribution in [-0.4, -0.2) is 43.0 Å². The Balaban J connectivity index is 1.50. The summed E-state index contributed by atoms with van der Waals surface area (Å²) in [7, 11) is 0. The number of benzene rings is 2. The first kappa shape index (κ1) is 21.7. The Bertz CT molecular complexity index is 1300. The third-order valence-corrected chi connectivity index (χ3v) is 7.18. The average molecular weight is 479 g/mol. The lowest BCUT2D eigenvalue weighted by molar-refractivity contribution is -0.128. The number of carbonyl (C=O) groups is 1.